The number of halogens is 1. The second kappa shape index (κ2) is 7.70. The van der Waals surface area contributed by atoms with E-state index in [1.807, 2.05) is 30.3 Å². The summed E-state index contributed by atoms with van der Waals surface area (Å²) < 4.78 is 14.2. The van der Waals surface area contributed by atoms with E-state index in [9.17, 15) is 14.0 Å². The molecule has 2 amide bonds. The summed E-state index contributed by atoms with van der Waals surface area (Å²) in [6, 6.07) is 11.8. The van der Waals surface area contributed by atoms with Crippen LogP contribution in [0.5, 0.6) is 0 Å². The van der Waals surface area contributed by atoms with Crippen LogP contribution in [0, 0.1) is 12.7 Å². The van der Waals surface area contributed by atoms with Gasteiger partial charge in [-0.15, -0.1) is 5.10 Å². The third kappa shape index (κ3) is 4.08. The molecule has 0 unspecified atom stereocenters. The van der Waals surface area contributed by atoms with Crippen molar-refractivity contribution in [3.05, 3.63) is 71.1 Å². The standard InChI is InChI=1S/C20H19FN6O2/c1-11-7-13(21)17-14(8-11)22-10-15(19(28)25-17)23-20(29)18-24-16(26-27-18)9-12-5-3-2-4-6-12/h2-8,15,22H,9-10H2,1H3,(H,23,29)(H,25,28)(H,24,26,27)/t15-/m1/s1. The molecule has 1 atom stereocenters. The molecule has 0 saturated heterocycles. The second-order valence-corrected chi connectivity index (χ2v) is 6.83. The highest BCUT2D eigenvalue weighted by atomic mass is 19.1. The van der Waals surface area contributed by atoms with Crippen LogP contribution in [0.25, 0.3) is 0 Å². The van der Waals surface area contributed by atoms with Crippen molar-refractivity contribution in [3.8, 4) is 0 Å². The second-order valence-electron chi connectivity index (χ2n) is 6.83. The number of nitrogens with one attached hydrogen (secondary N) is 4. The number of nitrogens with zero attached hydrogens (tertiary/aromatic N) is 2. The Morgan fingerprint density at radius 2 is 2.07 bits per heavy atom. The van der Waals surface area contributed by atoms with E-state index >= 15 is 0 Å². The van der Waals surface area contributed by atoms with E-state index in [4.69, 9.17) is 0 Å². The summed E-state index contributed by atoms with van der Waals surface area (Å²) in [5.74, 6) is -1.17. The van der Waals surface area contributed by atoms with Crippen molar-refractivity contribution in [2.45, 2.75) is 19.4 Å². The van der Waals surface area contributed by atoms with Gasteiger partial charge in [0.1, 0.15) is 23.4 Å². The van der Waals surface area contributed by atoms with Gasteiger partial charge >= 0.3 is 0 Å². The lowest BCUT2D eigenvalue weighted by Gasteiger charge is -2.14. The molecule has 0 bridgehead atoms. The molecular formula is C20H19FN6O2. The van der Waals surface area contributed by atoms with Crippen LogP contribution in [0.4, 0.5) is 15.8 Å². The molecule has 0 saturated carbocycles. The van der Waals surface area contributed by atoms with E-state index in [0.717, 1.165) is 11.1 Å². The maximum absolute atomic E-state index is 14.2. The number of hydrogen-bond acceptors (Lipinski definition) is 5. The van der Waals surface area contributed by atoms with Crippen molar-refractivity contribution >= 4 is 23.2 Å². The Balaban J connectivity index is 1.44. The van der Waals surface area contributed by atoms with Crippen molar-refractivity contribution in [2.75, 3.05) is 17.2 Å². The number of hydrogen-bond donors (Lipinski definition) is 4. The lowest BCUT2D eigenvalue weighted by atomic mass is 10.1. The molecule has 2 heterocycles. The van der Waals surface area contributed by atoms with Crippen LogP contribution < -0.4 is 16.0 Å². The van der Waals surface area contributed by atoms with E-state index in [-0.39, 0.29) is 18.1 Å². The predicted molar refractivity (Wildman–Crippen MR) is 105 cm³/mol. The molecule has 9 heteroatoms. The first-order valence-corrected chi connectivity index (χ1v) is 9.10. The Morgan fingerprint density at radius 3 is 2.86 bits per heavy atom. The lowest BCUT2D eigenvalue weighted by Crippen LogP contribution is -2.47. The van der Waals surface area contributed by atoms with Crippen molar-refractivity contribution in [1.82, 2.24) is 20.5 Å². The Kier molecular flexibility index (Phi) is 4.94. The van der Waals surface area contributed by atoms with Gasteiger partial charge in [-0.1, -0.05) is 30.3 Å². The molecule has 0 spiro atoms. The van der Waals surface area contributed by atoms with Crippen molar-refractivity contribution in [2.24, 2.45) is 0 Å². The number of H-pyrrole nitrogens is 1. The highest BCUT2D eigenvalue weighted by molar-refractivity contribution is 6.03. The van der Waals surface area contributed by atoms with Gasteiger partial charge in [0, 0.05) is 13.0 Å². The third-order valence-corrected chi connectivity index (χ3v) is 4.55. The van der Waals surface area contributed by atoms with Gasteiger partial charge < -0.3 is 16.0 Å². The number of aromatic amines is 1. The fourth-order valence-electron chi connectivity index (χ4n) is 3.13. The average molecular weight is 394 g/mol. The topological polar surface area (TPSA) is 112 Å². The zero-order valence-corrected chi connectivity index (χ0v) is 15.6. The minimum absolute atomic E-state index is 0.0625. The van der Waals surface area contributed by atoms with E-state index in [2.05, 4.69) is 31.1 Å². The molecule has 1 aliphatic heterocycles. The zero-order chi connectivity index (χ0) is 20.4. The largest absolute Gasteiger partial charge is 0.381 e. The monoisotopic (exact) mass is 394 g/mol. The molecule has 3 aromatic rings. The van der Waals surface area contributed by atoms with E-state index < -0.39 is 23.7 Å². The van der Waals surface area contributed by atoms with Crippen LogP contribution in [-0.2, 0) is 11.2 Å². The van der Waals surface area contributed by atoms with E-state index in [1.165, 1.54) is 6.07 Å². The Labute approximate surface area is 165 Å². The predicted octanol–water partition coefficient (Wildman–Crippen LogP) is 2.01. The first-order valence-electron chi connectivity index (χ1n) is 9.10. The summed E-state index contributed by atoms with van der Waals surface area (Å²) in [6.07, 6.45) is 0.501. The number of anilines is 2. The molecule has 1 aromatic heterocycles. The normalized spacial score (nSPS) is 15.7. The number of benzene rings is 2. The van der Waals surface area contributed by atoms with Crippen molar-refractivity contribution in [3.63, 3.8) is 0 Å². The quantitative estimate of drug-likeness (QED) is 0.541. The summed E-state index contributed by atoms with van der Waals surface area (Å²) in [7, 11) is 0. The molecule has 1 aliphatic rings. The maximum Gasteiger partial charge on any atom is 0.291 e. The van der Waals surface area contributed by atoms with Crippen LogP contribution in [-0.4, -0.2) is 39.6 Å². The maximum atomic E-state index is 14.2. The van der Waals surface area contributed by atoms with Gasteiger partial charge in [0.25, 0.3) is 5.91 Å². The van der Waals surface area contributed by atoms with Crippen LogP contribution in [0.1, 0.15) is 27.6 Å². The van der Waals surface area contributed by atoms with Gasteiger partial charge in [0.05, 0.1) is 5.69 Å². The fraction of sp³-hybridized carbons (Fsp3) is 0.200. The number of amides is 2. The summed E-state index contributed by atoms with van der Waals surface area (Å²) in [5.41, 5.74) is 2.28. The molecule has 148 valence electrons. The molecule has 0 aliphatic carbocycles. The van der Waals surface area contributed by atoms with Gasteiger partial charge in [-0.05, 0) is 30.2 Å². The molecule has 2 aromatic carbocycles. The lowest BCUT2D eigenvalue weighted by molar-refractivity contribution is -0.117. The Hall–Kier alpha value is -3.75. The van der Waals surface area contributed by atoms with Crippen LogP contribution >= 0.6 is 0 Å². The summed E-state index contributed by atoms with van der Waals surface area (Å²) in [5, 5.41) is 14.8. The third-order valence-electron chi connectivity index (χ3n) is 4.55. The van der Waals surface area contributed by atoms with Gasteiger partial charge in [-0.3, -0.25) is 14.7 Å². The highest BCUT2D eigenvalue weighted by Gasteiger charge is 2.28. The molecular weight excluding hydrogens is 375 g/mol. The molecule has 4 rings (SSSR count). The fourth-order valence-corrected chi connectivity index (χ4v) is 3.13. The smallest absolute Gasteiger partial charge is 0.291 e. The Morgan fingerprint density at radius 1 is 1.28 bits per heavy atom. The van der Waals surface area contributed by atoms with Crippen molar-refractivity contribution in [1.29, 1.82) is 0 Å². The first kappa shape index (κ1) is 18.6. The number of aryl methyl sites for hydroxylation is 1. The molecule has 0 radical (unpaired) electrons. The summed E-state index contributed by atoms with van der Waals surface area (Å²) in [6.45, 7) is 1.86. The van der Waals surface area contributed by atoms with Gasteiger partial charge in [0.15, 0.2) is 0 Å². The van der Waals surface area contributed by atoms with Gasteiger partial charge in [0.2, 0.25) is 11.7 Å². The minimum atomic E-state index is -0.911. The van der Waals surface area contributed by atoms with Crippen LogP contribution in [0.15, 0.2) is 42.5 Å². The first-order chi connectivity index (χ1) is 14.0. The molecule has 4 N–H and O–H groups in total. The van der Waals surface area contributed by atoms with Gasteiger partial charge in [-0.2, -0.15) is 0 Å². The summed E-state index contributed by atoms with van der Waals surface area (Å²) >= 11 is 0. The number of rotatable bonds is 4. The van der Waals surface area contributed by atoms with E-state index in [1.54, 1.807) is 13.0 Å². The zero-order valence-electron chi connectivity index (χ0n) is 15.6. The summed E-state index contributed by atoms with van der Waals surface area (Å²) in [4.78, 5) is 29.1. The minimum Gasteiger partial charge on any atom is -0.381 e. The van der Waals surface area contributed by atoms with Crippen molar-refractivity contribution < 1.29 is 14.0 Å². The van der Waals surface area contributed by atoms with Crippen LogP contribution in [0.3, 0.4) is 0 Å². The highest BCUT2D eigenvalue weighted by Crippen LogP contribution is 2.28. The van der Waals surface area contributed by atoms with E-state index in [0.29, 0.717) is 17.9 Å². The SMILES string of the molecule is Cc1cc(F)c2c(c1)NC[C@@H](NC(=O)c1n[nH]c(Cc3ccccc3)n1)C(=O)N2. The number of fused-ring (bicyclic) bond motifs is 1. The average Bonchev–Trinajstić information content (AvgIpc) is 3.10. The number of carbonyl (C=O) groups excluding carboxylic acids is 2. The number of carbonyl (C=O) groups is 2. The molecule has 8 nitrogen and oxygen atoms in total. The van der Waals surface area contributed by atoms with Crippen LogP contribution in [0.2, 0.25) is 0 Å². The molecule has 0 fully saturated rings. The molecule has 29 heavy (non-hydrogen) atoms. The number of aromatic nitrogens is 3. The van der Waals surface area contributed by atoms with Gasteiger partial charge in [-0.25, -0.2) is 9.37 Å². The Bertz CT molecular complexity index is 1070.